The number of nitrogens with zero attached hydrogens (tertiary/aromatic N) is 1. The zero-order valence-corrected chi connectivity index (χ0v) is 7.09. The predicted molar refractivity (Wildman–Crippen MR) is 51.4 cm³/mol. The Morgan fingerprint density at radius 3 is 2.33 bits per heavy atom. The first-order valence-corrected chi connectivity index (χ1v) is 3.58. The quantitative estimate of drug-likeness (QED) is 0.582. The van der Waals surface area contributed by atoms with Crippen molar-refractivity contribution in [3.63, 3.8) is 0 Å². The summed E-state index contributed by atoms with van der Waals surface area (Å²) in [4.78, 5) is 10.4. The second-order valence-corrected chi connectivity index (χ2v) is 1.83. The Morgan fingerprint density at radius 1 is 1.50 bits per heavy atom. The molecule has 3 N–H and O–H groups in total. The highest BCUT2D eigenvalue weighted by atomic mass is 16.3. The van der Waals surface area contributed by atoms with Crippen molar-refractivity contribution in [2.75, 3.05) is 5.73 Å². The van der Waals surface area contributed by atoms with Gasteiger partial charge >= 0.3 is 0 Å². The average molecular weight is 172 g/mol. The predicted octanol–water partition coefficient (Wildman–Crippen LogP) is 1.48. The molecule has 0 bridgehead atoms. The van der Waals surface area contributed by atoms with Crippen molar-refractivity contribution in [3.05, 3.63) is 22.9 Å². The largest absolute Gasteiger partial charge is 0.397 e. The van der Waals surface area contributed by atoms with Crippen LogP contribution in [0, 0.1) is 11.8 Å². The zero-order valence-electron chi connectivity index (χ0n) is 7.09. The van der Waals surface area contributed by atoms with Crippen LogP contribution in [0.4, 0.5) is 5.69 Å². The standard InChI is InChI=1S/C5H8N3O.C2H6.CH4/c1-4-5(6)2-3-8(9)7-4;1-2;/h2-3H,6H2,1H3,(H,7,9);1-2H3;1H4/q+1;;. The van der Waals surface area contributed by atoms with Gasteiger partial charge in [-0.25, -0.2) is 0 Å². The van der Waals surface area contributed by atoms with E-state index in [0.717, 1.165) is 0 Å². The molecule has 12 heavy (non-hydrogen) atoms. The molecular weight excluding hydrogens is 154 g/mol. The van der Waals surface area contributed by atoms with E-state index >= 15 is 0 Å². The van der Waals surface area contributed by atoms with Gasteiger partial charge in [-0.3, -0.25) is 0 Å². The van der Waals surface area contributed by atoms with Crippen LogP contribution in [0.2, 0.25) is 0 Å². The lowest BCUT2D eigenvalue weighted by atomic mass is 10.4. The molecule has 0 saturated heterocycles. The van der Waals surface area contributed by atoms with Crippen LogP contribution in [0.1, 0.15) is 27.0 Å². The van der Waals surface area contributed by atoms with E-state index in [2.05, 4.69) is 5.10 Å². The summed E-state index contributed by atoms with van der Waals surface area (Å²) >= 11 is 0. The molecule has 0 aliphatic carbocycles. The van der Waals surface area contributed by atoms with Crippen molar-refractivity contribution in [1.82, 2.24) is 5.10 Å². The highest BCUT2D eigenvalue weighted by molar-refractivity contribution is 5.38. The molecule has 0 spiro atoms. The molecule has 1 aromatic rings. The van der Waals surface area contributed by atoms with Crippen LogP contribution >= 0.6 is 0 Å². The Labute approximate surface area is 73.0 Å². The molecule has 0 aromatic carbocycles. The van der Waals surface area contributed by atoms with Gasteiger partial charge in [0, 0.05) is 6.07 Å². The van der Waals surface area contributed by atoms with Gasteiger partial charge in [-0.1, -0.05) is 21.3 Å². The van der Waals surface area contributed by atoms with E-state index in [-0.39, 0.29) is 7.43 Å². The Bertz CT molecular complexity index is 267. The van der Waals surface area contributed by atoms with Crippen LogP contribution in [0.25, 0.3) is 0 Å². The number of nitrogens with two attached hydrogens (primary N) is 1. The highest BCUT2D eigenvalue weighted by Gasteiger charge is 1.95. The second kappa shape index (κ2) is 6.39. The van der Waals surface area contributed by atoms with Crippen molar-refractivity contribution in [2.45, 2.75) is 28.2 Å². The Kier molecular flexibility index (Phi) is 7.08. The van der Waals surface area contributed by atoms with E-state index < -0.39 is 0 Å². The number of aromatic nitrogens is 2. The fourth-order valence-corrected chi connectivity index (χ4v) is 0.540. The smallest absolute Gasteiger partial charge is 0.259 e. The van der Waals surface area contributed by atoms with E-state index in [0.29, 0.717) is 15.9 Å². The first-order valence-electron chi connectivity index (χ1n) is 3.58. The van der Waals surface area contributed by atoms with Crippen molar-refractivity contribution in [3.8, 4) is 0 Å². The van der Waals surface area contributed by atoms with Gasteiger partial charge in [0.2, 0.25) is 0 Å². The minimum absolute atomic E-state index is 0. The summed E-state index contributed by atoms with van der Waals surface area (Å²) < 4.78 is 0.603. The minimum atomic E-state index is 0. The number of nitrogen functional groups attached to an aromatic ring is 1. The Morgan fingerprint density at radius 2 is 2.00 bits per heavy atom. The molecule has 1 aromatic heterocycles. The third-order valence-electron chi connectivity index (χ3n) is 1.10. The molecule has 0 fully saturated rings. The average Bonchev–Trinajstić information content (AvgIpc) is 2.02. The van der Waals surface area contributed by atoms with Crippen molar-refractivity contribution in [1.29, 1.82) is 0 Å². The Hall–Kier alpha value is -1.32. The van der Waals surface area contributed by atoms with E-state index in [1.165, 1.54) is 6.20 Å². The number of hydrogen-bond donors (Lipinski definition) is 2. The molecule has 0 aliphatic heterocycles. The van der Waals surface area contributed by atoms with Gasteiger partial charge in [0.25, 0.3) is 6.20 Å². The number of anilines is 1. The lowest BCUT2D eigenvalue weighted by molar-refractivity contribution is -0.565. The molecule has 0 saturated carbocycles. The van der Waals surface area contributed by atoms with Gasteiger partial charge in [0.15, 0.2) is 4.54 Å². The fourth-order valence-electron chi connectivity index (χ4n) is 0.540. The lowest BCUT2D eigenvalue weighted by Crippen LogP contribution is -2.19. The molecule has 0 aliphatic rings. The molecule has 0 atom stereocenters. The highest BCUT2D eigenvalue weighted by Crippen LogP contribution is 1.99. The Balaban J connectivity index is 0. The SMILES string of the molecule is C.CC.Cc1[nH][n+](=O)ccc1N. The van der Waals surface area contributed by atoms with Crippen LogP contribution < -0.4 is 10.3 Å². The summed E-state index contributed by atoms with van der Waals surface area (Å²) in [5.74, 6) is 0. The lowest BCUT2D eigenvalue weighted by Gasteiger charge is -1.88. The first kappa shape index (κ1) is 13.3. The summed E-state index contributed by atoms with van der Waals surface area (Å²) in [6.45, 7) is 5.74. The summed E-state index contributed by atoms with van der Waals surface area (Å²) in [7, 11) is 0. The molecule has 0 amide bonds. The second-order valence-electron chi connectivity index (χ2n) is 1.83. The van der Waals surface area contributed by atoms with Gasteiger partial charge in [-0.05, 0) is 6.92 Å². The van der Waals surface area contributed by atoms with Gasteiger partial charge in [0.1, 0.15) is 0 Å². The number of H-pyrrole nitrogens is 1. The van der Waals surface area contributed by atoms with Crippen LogP contribution in [0.3, 0.4) is 0 Å². The molecule has 0 unspecified atom stereocenters. The van der Waals surface area contributed by atoms with Gasteiger partial charge in [-0.15, -0.1) is 5.10 Å². The molecule has 4 nitrogen and oxygen atoms in total. The maximum Gasteiger partial charge on any atom is 0.259 e. The molecule has 1 heterocycles. The van der Waals surface area contributed by atoms with E-state index in [1.807, 2.05) is 13.8 Å². The topological polar surface area (TPSA) is 64.8 Å². The number of rotatable bonds is 0. The summed E-state index contributed by atoms with van der Waals surface area (Å²) in [5, 5.41) is 2.47. The summed E-state index contributed by atoms with van der Waals surface area (Å²) in [6, 6.07) is 1.55. The molecule has 0 radical (unpaired) electrons. The number of hydrogen-bond acceptors (Lipinski definition) is 2. The fraction of sp³-hybridized carbons (Fsp3) is 0.500. The number of aromatic amines is 1. The first-order chi connectivity index (χ1) is 5.20. The normalized spacial score (nSPS) is 7.58. The van der Waals surface area contributed by atoms with Gasteiger partial charge in [-0.2, -0.15) is 0 Å². The molecule has 1 rings (SSSR count). The number of aryl methyl sites for hydroxylation is 1. The third-order valence-corrected chi connectivity index (χ3v) is 1.10. The van der Waals surface area contributed by atoms with Crippen molar-refractivity contribution >= 4 is 5.69 Å². The summed E-state index contributed by atoms with van der Waals surface area (Å²) in [6.07, 6.45) is 1.32. The van der Waals surface area contributed by atoms with Crippen LogP contribution in [-0.2, 0) is 0 Å². The molecular formula is C8H18N3O+. The van der Waals surface area contributed by atoms with Gasteiger partial charge < -0.3 is 5.73 Å². The third kappa shape index (κ3) is 3.75. The van der Waals surface area contributed by atoms with Crippen molar-refractivity contribution in [2.24, 2.45) is 0 Å². The number of nitrogens with one attached hydrogen (secondary N) is 1. The van der Waals surface area contributed by atoms with Crippen LogP contribution in [0.15, 0.2) is 12.3 Å². The summed E-state index contributed by atoms with van der Waals surface area (Å²) in [5.41, 5.74) is 6.69. The maximum absolute atomic E-state index is 10.4. The van der Waals surface area contributed by atoms with E-state index in [1.54, 1.807) is 13.0 Å². The van der Waals surface area contributed by atoms with Crippen LogP contribution in [-0.4, -0.2) is 5.10 Å². The molecule has 4 heteroatoms. The van der Waals surface area contributed by atoms with E-state index in [9.17, 15) is 4.91 Å². The van der Waals surface area contributed by atoms with Crippen LogP contribution in [0.5, 0.6) is 0 Å². The molecule has 70 valence electrons. The zero-order chi connectivity index (χ0) is 8.85. The van der Waals surface area contributed by atoms with Crippen molar-refractivity contribution < 1.29 is 4.54 Å². The minimum Gasteiger partial charge on any atom is -0.397 e. The van der Waals surface area contributed by atoms with E-state index in [4.69, 9.17) is 5.73 Å². The monoisotopic (exact) mass is 172 g/mol. The van der Waals surface area contributed by atoms with Gasteiger partial charge in [0.05, 0.1) is 16.3 Å². The maximum atomic E-state index is 10.4.